The molecular weight excluding hydrogens is 504 g/mol. The number of benzene rings is 2. The lowest BCUT2D eigenvalue weighted by molar-refractivity contribution is 0.0746. The molecule has 0 radical (unpaired) electrons. The summed E-state index contributed by atoms with van der Waals surface area (Å²) in [6, 6.07) is 17.6. The predicted octanol–water partition coefficient (Wildman–Crippen LogP) is 5.44. The quantitative estimate of drug-likeness (QED) is 0.330. The minimum atomic E-state index is 0.0686. The maximum atomic E-state index is 13.0. The second-order valence-corrected chi connectivity index (χ2v) is 9.93. The second-order valence-electron chi connectivity index (χ2n) is 9.01. The first-order valence-corrected chi connectivity index (χ1v) is 13.0. The van der Waals surface area contributed by atoms with Crippen LogP contribution in [0.15, 0.2) is 65.3 Å². The van der Waals surface area contributed by atoms with Gasteiger partial charge in [-0.05, 0) is 42.8 Å². The normalized spacial score (nSPS) is 14.9. The van der Waals surface area contributed by atoms with E-state index in [1.165, 1.54) is 0 Å². The van der Waals surface area contributed by atoms with E-state index in [9.17, 15) is 4.79 Å². The fourth-order valence-electron chi connectivity index (χ4n) is 4.59. The zero-order valence-electron chi connectivity index (χ0n) is 20.1. The van der Waals surface area contributed by atoms with Crippen LogP contribution < -0.4 is 4.90 Å². The molecule has 0 N–H and O–H groups in total. The molecule has 1 saturated heterocycles. The first-order chi connectivity index (χ1) is 17.0. The number of hydrogen-bond donors (Lipinski definition) is 0. The Kier molecular flexibility index (Phi) is 6.81. The molecule has 1 atom stereocenters. The summed E-state index contributed by atoms with van der Waals surface area (Å²) in [5.41, 5.74) is 2.52. The molecule has 1 amide bonds. The number of anilines is 1. The Morgan fingerprint density at radius 1 is 1.00 bits per heavy atom. The van der Waals surface area contributed by atoms with E-state index in [0.717, 1.165) is 45.7 Å². The number of amides is 1. The van der Waals surface area contributed by atoms with E-state index >= 15 is 0 Å². The van der Waals surface area contributed by atoms with Crippen molar-refractivity contribution in [2.24, 2.45) is 0 Å². The van der Waals surface area contributed by atoms with Gasteiger partial charge >= 0.3 is 0 Å². The van der Waals surface area contributed by atoms with Crippen molar-refractivity contribution in [3.05, 3.63) is 76.7 Å². The van der Waals surface area contributed by atoms with Crippen LogP contribution in [0.25, 0.3) is 16.7 Å². The monoisotopic (exact) mass is 532 g/mol. The van der Waals surface area contributed by atoms with E-state index in [2.05, 4.69) is 39.8 Å². The molecule has 0 saturated carbocycles. The summed E-state index contributed by atoms with van der Waals surface area (Å²) in [7, 11) is 0. The standard InChI is InChI=1S/C27H29BrN6O/c1-3-7-19(2)24-30-25(23-18-29-34(26(23)31-24)22-8-5-4-6-9-22)32-14-16-33(17-15-32)27(35)20-10-12-21(28)13-11-20/h4-6,8-13,18-19H,3,7,14-17H2,1-2H3/t19-/m1/s1. The molecule has 35 heavy (non-hydrogen) atoms. The van der Waals surface area contributed by atoms with E-state index < -0.39 is 0 Å². The van der Waals surface area contributed by atoms with Crippen molar-refractivity contribution in [3.63, 3.8) is 0 Å². The van der Waals surface area contributed by atoms with Gasteiger partial charge in [0.25, 0.3) is 5.91 Å². The number of aromatic nitrogens is 4. The van der Waals surface area contributed by atoms with Crippen molar-refractivity contribution in [2.45, 2.75) is 32.6 Å². The molecule has 2 aromatic carbocycles. The molecule has 4 aromatic rings. The molecule has 7 nitrogen and oxygen atoms in total. The maximum absolute atomic E-state index is 13.0. The average Bonchev–Trinajstić information content (AvgIpc) is 3.33. The van der Waals surface area contributed by atoms with Crippen LogP contribution in [0.3, 0.4) is 0 Å². The largest absolute Gasteiger partial charge is 0.352 e. The molecule has 1 aliphatic heterocycles. The Bertz CT molecular complexity index is 1310. The Balaban J connectivity index is 1.45. The van der Waals surface area contributed by atoms with Crippen molar-refractivity contribution in [2.75, 3.05) is 31.1 Å². The van der Waals surface area contributed by atoms with Crippen molar-refractivity contribution < 1.29 is 4.79 Å². The predicted molar refractivity (Wildman–Crippen MR) is 142 cm³/mol. The molecule has 0 unspecified atom stereocenters. The second kappa shape index (κ2) is 10.2. The number of carbonyl (C=O) groups is 1. The molecular formula is C27H29BrN6O. The highest BCUT2D eigenvalue weighted by atomic mass is 79.9. The van der Waals surface area contributed by atoms with E-state index in [1.54, 1.807) is 0 Å². The van der Waals surface area contributed by atoms with Gasteiger partial charge in [-0.15, -0.1) is 0 Å². The van der Waals surface area contributed by atoms with E-state index in [1.807, 2.05) is 70.4 Å². The summed E-state index contributed by atoms with van der Waals surface area (Å²) in [6.07, 6.45) is 3.97. The molecule has 1 aliphatic rings. The molecule has 180 valence electrons. The van der Waals surface area contributed by atoms with Gasteiger partial charge < -0.3 is 9.80 Å². The highest BCUT2D eigenvalue weighted by molar-refractivity contribution is 9.10. The number of fused-ring (bicyclic) bond motifs is 1. The van der Waals surface area contributed by atoms with Crippen LogP contribution in [0.4, 0.5) is 5.82 Å². The minimum absolute atomic E-state index is 0.0686. The third-order valence-electron chi connectivity index (χ3n) is 6.55. The SMILES string of the molecule is CCC[C@@H](C)c1nc(N2CCN(C(=O)c3ccc(Br)cc3)CC2)c2cnn(-c3ccccc3)c2n1. The van der Waals surface area contributed by atoms with Gasteiger partial charge in [-0.25, -0.2) is 14.6 Å². The number of para-hydroxylation sites is 1. The number of carbonyl (C=O) groups excluding carboxylic acids is 1. The van der Waals surface area contributed by atoms with Gasteiger partial charge in [0.15, 0.2) is 5.65 Å². The highest BCUT2D eigenvalue weighted by Gasteiger charge is 2.26. The summed E-state index contributed by atoms with van der Waals surface area (Å²) < 4.78 is 2.87. The van der Waals surface area contributed by atoms with Crippen LogP contribution in [0.5, 0.6) is 0 Å². The van der Waals surface area contributed by atoms with Gasteiger partial charge in [0.2, 0.25) is 0 Å². The zero-order chi connectivity index (χ0) is 24.4. The average molecular weight is 533 g/mol. The highest BCUT2D eigenvalue weighted by Crippen LogP contribution is 2.30. The summed E-state index contributed by atoms with van der Waals surface area (Å²) >= 11 is 3.44. The van der Waals surface area contributed by atoms with Gasteiger partial charge in [0, 0.05) is 42.1 Å². The van der Waals surface area contributed by atoms with Gasteiger partial charge in [0.1, 0.15) is 11.6 Å². The molecule has 3 heterocycles. The maximum Gasteiger partial charge on any atom is 0.253 e. The molecule has 0 aliphatic carbocycles. The molecule has 5 rings (SSSR count). The Morgan fingerprint density at radius 2 is 1.71 bits per heavy atom. The first-order valence-electron chi connectivity index (χ1n) is 12.2. The molecule has 0 spiro atoms. The van der Waals surface area contributed by atoms with E-state index in [-0.39, 0.29) is 11.8 Å². The molecule has 0 bridgehead atoms. The lowest BCUT2D eigenvalue weighted by Gasteiger charge is -2.36. The van der Waals surface area contributed by atoms with Crippen molar-refractivity contribution >= 4 is 38.7 Å². The van der Waals surface area contributed by atoms with Crippen LogP contribution in [0, 0.1) is 0 Å². The smallest absolute Gasteiger partial charge is 0.253 e. The van der Waals surface area contributed by atoms with Crippen LogP contribution >= 0.6 is 15.9 Å². The Hall–Kier alpha value is -3.26. The molecule has 8 heteroatoms. The van der Waals surface area contributed by atoms with Gasteiger partial charge in [-0.3, -0.25) is 4.79 Å². The van der Waals surface area contributed by atoms with Crippen LogP contribution in [-0.4, -0.2) is 56.7 Å². The van der Waals surface area contributed by atoms with Gasteiger partial charge in [-0.2, -0.15) is 5.10 Å². The summed E-state index contributed by atoms with van der Waals surface area (Å²) in [6.45, 7) is 7.09. The van der Waals surface area contributed by atoms with Crippen molar-refractivity contribution in [1.29, 1.82) is 0 Å². The lowest BCUT2D eigenvalue weighted by Crippen LogP contribution is -2.49. The number of hydrogen-bond acceptors (Lipinski definition) is 5. The third-order valence-corrected chi connectivity index (χ3v) is 7.08. The number of halogens is 1. The van der Waals surface area contributed by atoms with Crippen LogP contribution in [-0.2, 0) is 0 Å². The lowest BCUT2D eigenvalue weighted by atomic mass is 10.1. The van der Waals surface area contributed by atoms with Crippen LogP contribution in [0.1, 0.15) is 48.8 Å². The summed E-state index contributed by atoms with van der Waals surface area (Å²) in [4.78, 5) is 27.2. The molecule has 2 aromatic heterocycles. The van der Waals surface area contributed by atoms with E-state index in [0.29, 0.717) is 31.7 Å². The van der Waals surface area contributed by atoms with Gasteiger partial charge in [-0.1, -0.05) is 54.4 Å². The van der Waals surface area contributed by atoms with Crippen molar-refractivity contribution in [3.8, 4) is 5.69 Å². The van der Waals surface area contributed by atoms with Crippen LogP contribution in [0.2, 0.25) is 0 Å². The fraction of sp³-hybridized carbons (Fsp3) is 0.333. The number of rotatable bonds is 6. The zero-order valence-corrected chi connectivity index (χ0v) is 21.6. The summed E-state index contributed by atoms with van der Waals surface area (Å²) in [5.74, 6) is 2.08. The molecule has 1 fully saturated rings. The fourth-order valence-corrected chi connectivity index (χ4v) is 4.85. The number of piperazine rings is 1. The van der Waals surface area contributed by atoms with Gasteiger partial charge in [0.05, 0.1) is 17.3 Å². The first kappa shape index (κ1) is 23.5. The van der Waals surface area contributed by atoms with Crippen molar-refractivity contribution in [1.82, 2.24) is 24.6 Å². The Labute approximate surface area is 213 Å². The minimum Gasteiger partial charge on any atom is -0.352 e. The Morgan fingerprint density at radius 3 is 2.40 bits per heavy atom. The summed E-state index contributed by atoms with van der Waals surface area (Å²) in [5, 5.41) is 5.62. The topological polar surface area (TPSA) is 67.2 Å². The third kappa shape index (κ3) is 4.80. The number of nitrogens with zero attached hydrogens (tertiary/aromatic N) is 6. The van der Waals surface area contributed by atoms with E-state index in [4.69, 9.17) is 9.97 Å².